The quantitative estimate of drug-likeness (QED) is 0.388. The lowest BCUT2D eigenvalue weighted by Crippen LogP contribution is -2.50. The van der Waals surface area contributed by atoms with E-state index in [4.69, 9.17) is 11.5 Å². The zero-order chi connectivity index (χ0) is 22.9. The molecule has 2 atom stereocenters. The number of hydrogen-bond acceptors (Lipinski definition) is 5. The topological polar surface area (TPSA) is 123 Å². The molecule has 3 rings (SSSR count). The van der Waals surface area contributed by atoms with Crippen molar-refractivity contribution in [2.24, 2.45) is 11.5 Å². The standard InChI is InChI=1S/C24H28FN5O2/c25-18-9-11-21-17(13-18)14-19(15-28-21)29-24(32)22(10-8-16-5-2-1-3-6-16)30-23(31)20(27)7-4-12-26/h1-3,5-6,9,11,13-15,20,22H,4,7-8,10,12,26-27H2,(H,29,32)(H,30,31)/t20-,22+/m0/s1. The maximum absolute atomic E-state index is 13.5. The summed E-state index contributed by atoms with van der Waals surface area (Å²) < 4.78 is 13.5. The number of amides is 2. The van der Waals surface area contributed by atoms with Gasteiger partial charge in [0.2, 0.25) is 11.8 Å². The van der Waals surface area contributed by atoms with Crippen molar-refractivity contribution < 1.29 is 14.0 Å². The number of aryl methyl sites for hydroxylation is 1. The number of aromatic nitrogens is 1. The van der Waals surface area contributed by atoms with E-state index < -0.39 is 23.9 Å². The van der Waals surface area contributed by atoms with Crippen LogP contribution in [0.5, 0.6) is 0 Å². The van der Waals surface area contributed by atoms with Gasteiger partial charge in [-0.15, -0.1) is 0 Å². The molecule has 0 spiro atoms. The highest BCUT2D eigenvalue weighted by molar-refractivity contribution is 5.98. The van der Waals surface area contributed by atoms with Gasteiger partial charge in [-0.05, 0) is 62.1 Å². The van der Waals surface area contributed by atoms with Crippen LogP contribution < -0.4 is 22.1 Å². The van der Waals surface area contributed by atoms with Gasteiger partial charge >= 0.3 is 0 Å². The average Bonchev–Trinajstić information content (AvgIpc) is 2.80. The number of benzene rings is 2. The Morgan fingerprint density at radius 2 is 1.81 bits per heavy atom. The van der Waals surface area contributed by atoms with E-state index in [9.17, 15) is 14.0 Å². The lowest BCUT2D eigenvalue weighted by molar-refractivity contribution is -0.127. The van der Waals surface area contributed by atoms with Gasteiger partial charge in [-0.3, -0.25) is 14.6 Å². The van der Waals surface area contributed by atoms with Crippen LogP contribution in [0.2, 0.25) is 0 Å². The first-order valence-electron chi connectivity index (χ1n) is 10.6. The molecule has 0 aliphatic heterocycles. The van der Waals surface area contributed by atoms with Crippen molar-refractivity contribution >= 4 is 28.4 Å². The molecule has 0 unspecified atom stereocenters. The molecular formula is C24H28FN5O2. The zero-order valence-corrected chi connectivity index (χ0v) is 17.8. The Kier molecular flexibility index (Phi) is 8.24. The highest BCUT2D eigenvalue weighted by Gasteiger charge is 2.24. The first-order valence-corrected chi connectivity index (χ1v) is 10.6. The first kappa shape index (κ1) is 23.3. The molecule has 0 radical (unpaired) electrons. The second kappa shape index (κ2) is 11.3. The number of fused-ring (bicyclic) bond motifs is 1. The van der Waals surface area contributed by atoms with Crippen molar-refractivity contribution in [2.45, 2.75) is 37.8 Å². The largest absolute Gasteiger partial charge is 0.343 e. The van der Waals surface area contributed by atoms with E-state index in [-0.39, 0.29) is 5.82 Å². The third-order valence-electron chi connectivity index (χ3n) is 5.16. The molecule has 1 heterocycles. The van der Waals surface area contributed by atoms with Crippen molar-refractivity contribution in [3.63, 3.8) is 0 Å². The van der Waals surface area contributed by atoms with Crippen LogP contribution in [0.4, 0.5) is 10.1 Å². The van der Waals surface area contributed by atoms with E-state index in [1.54, 1.807) is 12.1 Å². The number of halogens is 1. The minimum absolute atomic E-state index is 0.387. The van der Waals surface area contributed by atoms with Gasteiger partial charge in [0.15, 0.2) is 0 Å². The molecule has 0 aliphatic rings. The number of pyridine rings is 1. The van der Waals surface area contributed by atoms with Crippen LogP contribution in [0.3, 0.4) is 0 Å². The second-order valence-corrected chi connectivity index (χ2v) is 7.67. The summed E-state index contributed by atoms with van der Waals surface area (Å²) in [5.41, 5.74) is 13.5. The fourth-order valence-electron chi connectivity index (χ4n) is 3.37. The minimum Gasteiger partial charge on any atom is -0.343 e. The van der Waals surface area contributed by atoms with Crippen molar-refractivity contribution in [3.05, 3.63) is 72.2 Å². The number of carbonyl (C=O) groups excluding carboxylic acids is 2. The van der Waals surface area contributed by atoms with Crippen LogP contribution in [-0.2, 0) is 16.0 Å². The van der Waals surface area contributed by atoms with Gasteiger partial charge in [-0.2, -0.15) is 0 Å². The number of nitrogens with zero attached hydrogens (tertiary/aromatic N) is 1. The van der Waals surface area contributed by atoms with E-state index in [1.807, 2.05) is 30.3 Å². The number of nitrogens with one attached hydrogen (secondary N) is 2. The molecule has 0 bridgehead atoms. The Bertz CT molecular complexity index is 1060. The minimum atomic E-state index is -0.796. The molecule has 1 aromatic heterocycles. The number of hydrogen-bond donors (Lipinski definition) is 4. The lowest BCUT2D eigenvalue weighted by atomic mass is 10.0. The van der Waals surface area contributed by atoms with Crippen LogP contribution in [0, 0.1) is 5.82 Å². The number of nitrogens with two attached hydrogens (primary N) is 2. The van der Waals surface area contributed by atoms with Gasteiger partial charge in [-0.25, -0.2) is 4.39 Å². The summed E-state index contributed by atoms with van der Waals surface area (Å²) in [5, 5.41) is 6.11. The van der Waals surface area contributed by atoms with Crippen molar-refractivity contribution in [2.75, 3.05) is 11.9 Å². The van der Waals surface area contributed by atoms with Crippen molar-refractivity contribution in [1.82, 2.24) is 10.3 Å². The summed E-state index contributed by atoms with van der Waals surface area (Å²) in [6.45, 7) is 0.439. The van der Waals surface area contributed by atoms with Crippen LogP contribution >= 0.6 is 0 Å². The smallest absolute Gasteiger partial charge is 0.247 e. The van der Waals surface area contributed by atoms with E-state index in [0.29, 0.717) is 48.8 Å². The third kappa shape index (κ3) is 6.57. The molecule has 0 aliphatic carbocycles. The molecule has 2 aromatic carbocycles. The third-order valence-corrected chi connectivity index (χ3v) is 5.16. The molecule has 2 amide bonds. The number of carbonyl (C=O) groups is 2. The van der Waals surface area contributed by atoms with Crippen LogP contribution in [-0.4, -0.2) is 35.4 Å². The molecule has 32 heavy (non-hydrogen) atoms. The SMILES string of the molecule is NCCC[C@H](N)C(=O)N[C@H](CCc1ccccc1)C(=O)Nc1cnc2ccc(F)cc2c1. The molecule has 0 fully saturated rings. The molecule has 0 saturated carbocycles. The van der Waals surface area contributed by atoms with Crippen LogP contribution in [0.25, 0.3) is 10.9 Å². The fourth-order valence-corrected chi connectivity index (χ4v) is 3.37. The van der Waals surface area contributed by atoms with Gasteiger partial charge in [0, 0.05) is 5.39 Å². The predicted octanol–water partition coefficient (Wildman–Crippen LogP) is 2.50. The van der Waals surface area contributed by atoms with Gasteiger partial charge < -0.3 is 22.1 Å². The molecule has 0 saturated heterocycles. The normalized spacial score (nSPS) is 12.8. The van der Waals surface area contributed by atoms with E-state index in [2.05, 4.69) is 15.6 Å². The maximum atomic E-state index is 13.5. The van der Waals surface area contributed by atoms with Gasteiger partial charge in [0.1, 0.15) is 11.9 Å². The molecule has 168 valence electrons. The van der Waals surface area contributed by atoms with E-state index >= 15 is 0 Å². The first-order chi connectivity index (χ1) is 15.5. The summed E-state index contributed by atoms with van der Waals surface area (Å²) in [6.07, 6.45) is 3.55. The Hall–Kier alpha value is -3.36. The van der Waals surface area contributed by atoms with E-state index in [1.165, 1.54) is 18.3 Å². The average molecular weight is 438 g/mol. The predicted molar refractivity (Wildman–Crippen MR) is 123 cm³/mol. The highest BCUT2D eigenvalue weighted by Crippen LogP contribution is 2.18. The van der Waals surface area contributed by atoms with Crippen LogP contribution in [0.1, 0.15) is 24.8 Å². The molecule has 8 heteroatoms. The summed E-state index contributed by atoms with van der Waals surface area (Å²) in [4.78, 5) is 29.8. The van der Waals surface area contributed by atoms with Crippen LogP contribution in [0.15, 0.2) is 60.8 Å². The maximum Gasteiger partial charge on any atom is 0.247 e. The molecular weight excluding hydrogens is 409 g/mol. The lowest BCUT2D eigenvalue weighted by Gasteiger charge is -2.21. The Morgan fingerprint density at radius 3 is 2.56 bits per heavy atom. The summed E-state index contributed by atoms with van der Waals surface area (Å²) in [5.74, 6) is -1.18. The second-order valence-electron chi connectivity index (χ2n) is 7.67. The van der Waals surface area contributed by atoms with E-state index in [0.717, 1.165) is 5.56 Å². The molecule has 7 nitrogen and oxygen atoms in total. The Balaban J connectivity index is 1.73. The monoisotopic (exact) mass is 437 g/mol. The van der Waals surface area contributed by atoms with Gasteiger partial charge in [0.05, 0.1) is 23.4 Å². The summed E-state index contributed by atoms with van der Waals surface area (Å²) in [7, 11) is 0. The Labute approximate surface area is 186 Å². The Morgan fingerprint density at radius 1 is 1.03 bits per heavy atom. The fraction of sp³-hybridized carbons (Fsp3) is 0.292. The number of anilines is 1. The van der Waals surface area contributed by atoms with Gasteiger partial charge in [0.25, 0.3) is 0 Å². The van der Waals surface area contributed by atoms with Crippen molar-refractivity contribution in [1.29, 1.82) is 0 Å². The molecule has 3 aromatic rings. The zero-order valence-electron chi connectivity index (χ0n) is 17.8. The molecule has 6 N–H and O–H groups in total. The van der Waals surface area contributed by atoms with Gasteiger partial charge in [-0.1, -0.05) is 30.3 Å². The van der Waals surface area contributed by atoms with Crippen molar-refractivity contribution in [3.8, 4) is 0 Å². The highest BCUT2D eigenvalue weighted by atomic mass is 19.1. The summed E-state index contributed by atoms with van der Waals surface area (Å²) in [6, 6.07) is 14.1. The number of rotatable bonds is 10. The summed E-state index contributed by atoms with van der Waals surface area (Å²) >= 11 is 0.